The minimum absolute atomic E-state index is 0.152. The van der Waals surface area contributed by atoms with Crippen LogP contribution in [-0.4, -0.2) is 13.4 Å². The SMILES string of the molecule is O=S(=O)(Nc1ccc(Cl)nc1)c1ccc(C(F)(F)F)cc1. The molecule has 0 spiro atoms. The molecule has 0 aliphatic rings. The van der Waals surface area contributed by atoms with Gasteiger partial charge in [0.2, 0.25) is 0 Å². The van der Waals surface area contributed by atoms with Crippen molar-refractivity contribution in [3.63, 3.8) is 0 Å². The molecule has 0 fully saturated rings. The van der Waals surface area contributed by atoms with Crippen LogP contribution in [0.15, 0.2) is 47.5 Å². The van der Waals surface area contributed by atoms with Gasteiger partial charge in [-0.3, -0.25) is 4.72 Å². The van der Waals surface area contributed by atoms with E-state index < -0.39 is 21.8 Å². The Labute approximate surface area is 123 Å². The number of aromatic nitrogens is 1. The van der Waals surface area contributed by atoms with Crippen molar-refractivity contribution >= 4 is 27.3 Å². The van der Waals surface area contributed by atoms with Gasteiger partial charge < -0.3 is 0 Å². The topological polar surface area (TPSA) is 59.1 Å². The lowest BCUT2D eigenvalue weighted by Gasteiger charge is -2.10. The lowest BCUT2D eigenvalue weighted by atomic mass is 10.2. The van der Waals surface area contributed by atoms with Crippen molar-refractivity contribution in [2.24, 2.45) is 0 Å². The zero-order valence-corrected chi connectivity index (χ0v) is 11.8. The molecule has 21 heavy (non-hydrogen) atoms. The van der Waals surface area contributed by atoms with Crippen molar-refractivity contribution in [3.8, 4) is 0 Å². The number of sulfonamides is 1. The molecule has 9 heteroatoms. The van der Waals surface area contributed by atoms with Gasteiger partial charge in [-0.15, -0.1) is 0 Å². The summed E-state index contributed by atoms with van der Waals surface area (Å²) in [6.45, 7) is 0. The van der Waals surface area contributed by atoms with Crippen LogP contribution in [0.3, 0.4) is 0 Å². The Morgan fingerprint density at radius 2 is 1.67 bits per heavy atom. The van der Waals surface area contributed by atoms with Gasteiger partial charge >= 0.3 is 6.18 Å². The van der Waals surface area contributed by atoms with E-state index in [1.165, 1.54) is 18.3 Å². The van der Waals surface area contributed by atoms with E-state index in [0.29, 0.717) is 12.1 Å². The Hall–Kier alpha value is -1.80. The number of pyridine rings is 1. The van der Waals surface area contributed by atoms with Crippen molar-refractivity contribution in [2.45, 2.75) is 11.1 Å². The highest BCUT2D eigenvalue weighted by Gasteiger charge is 2.30. The molecule has 0 saturated heterocycles. The van der Waals surface area contributed by atoms with E-state index in [0.717, 1.165) is 12.1 Å². The van der Waals surface area contributed by atoms with Gasteiger partial charge in [-0.1, -0.05) is 11.6 Å². The van der Waals surface area contributed by atoms with Crippen LogP contribution in [0.2, 0.25) is 5.15 Å². The number of alkyl halides is 3. The van der Waals surface area contributed by atoms with E-state index in [9.17, 15) is 21.6 Å². The summed E-state index contributed by atoms with van der Waals surface area (Å²) >= 11 is 5.57. The third-order valence-corrected chi connectivity index (χ3v) is 4.09. The molecule has 0 radical (unpaired) electrons. The molecule has 0 aliphatic carbocycles. The molecule has 0 amide bonds. The van der Waals surface area contributed by atoms with Crippen LogP contribution in [-0.2, 0) is 16.2 Å². The molecule has 1 aromatic heterocycles. The highest BCUT2D eigenvalue weighted by Crippen LogP contribution is 2.30. The Balaban J connectivity index is 2.25. The van der Waals surface area contributed by atoms with Crippen molar-refractivity contribution in [1.82, 2.24) is 4.98 Å². The zero-order chi connectivity index (χ0) is 15.7. The van der Waals surface area contributed by atoms with E-state index in [1.807, 2.05) is 0 Å². The van der Waals surface area contributed by atoms with Gasteiger partial charge in [0.05, 0.1) is 22.3 Å². The molecule has 0 aliphatic heterocycles. The zero-order valence-electron chi connectivity index (χ0n) is 10.2. The summed E-state index contributed by atoms with van der Waals surface area (Å²) in [5.41, 5.74) is -0.770. The average molecular weight is 337 g/mol. The maximum absolute atomic E-state index is 12.4. The van der Waals surface area contributed by atoms with E-state index in [-0.39, 0.29) is 15.7 Å². The molecule has 1 aromatic carbocycles. The van der Waals surface area contributed by atoms with Crippen LogP contribution in [0.1, 0.15) is 5.56 Å². The van der Waals surface area contributed by atoms with Gasteiger partial charge in [-0.2, -0.15) is 13.2 Å². The van der Waals surface area contributed by atoms with E-state index in [2.05, 4.69) is 9.71 Å². The highest BCUT2D eigenvalue weighted by molar-refractivity contribution is 7.92. The molecule has 0 bridgehead atoms. The van der Waals surface area contributed by atoms with Crippen LogP contribution >= 0.6 is 11.6 Å². The smallest absolute Gasteiger partial charge is 0.278 e. The average Bonchev–Trinajstić information content (AvgIpc) is 2.40. The second-order valence-corrected chi connectivity index (χ2v) is 6.07. The van der Waals surface area contributed by atoms with Crippen molar-refractivity contribution in [1.29, 1.82) is 0 Å². The fourth-order valence-corrected chi connectivity index (χ4v) is 2.63. The van der Waals surface area contributed by atoms with Gasteiger partial charge in [0.25, 0.3) is 10.0 Å². The van der Waals surface area contributed by atoms with E-state index in [1.54, 1.807) is 0 Å². The number of nitrogens with zero attached hydrogens (tertiary/aromatic N) is 1. The first kappa shape index (κ1) is 15.6. The second kappa shape index (κ2) is 5.53. The van der Waals surface area contributed by atoms with Crippen LogP contribution in [0.5, 0.6) is 0 Å². The first-order chi connectivity index (χ1) is 9.68. The molecule has 0 saturated carbocycles. The lowest BCUT2D eigenvalue weighted by Crippen LogP contribution is -2.13. The molecule has 0 atom stereocenters. The monoisotopic (exact) mass is 336 g/mol. The van der Waals surface area contributed by atoms with Crippen LogP contribution < -0.4 is 4.72 Å². The maximum Gasteiger partial charge on any atom is 0.416 e. The number of benzene rings is 1. The Morgan fingerprint density at radius 1 is 1.05 bits per heavy atom. The highest BCUT2D eigenvalue weighted by atomic mass is 35.5. The quantitative estimate of drug-likeness (QED) is 0.872. The number of halogens is 4. The third kappa shape index (κ3) is 3.85. The van der Waals surface area contributed by atoms with Gasteiger partial charge in [0.1, 0.15) is 5.15 Å². The van der Waals surface area contributed by atoms with Crippen molar-refractivity contribution < 1.29 is 21.6 Å². The van der Waals surface area contributed by atoms with Crippen LogP contribution in [0, 0.1) is 0 Å². The predicted octanol–water partition coefficient (Wildman–Crippen LogP) is 3.55. The molecular formula is C12H8ClF3N2O2S. The minimum Gasteiger partial charge on any atom is -0.278 e. The molecule has 2 aromatic rings. The second-order valence-electron chi connectivity index (χ2n) is 4.00. The molecule has 1 N–H and O–H groups in total. The van der Waals surface area contributed by atoms with Gasteiger partial charge in [0, 0.05) is 0 Å². The Morgan fingerprint density at radius 3 is 2.14 bits per heavy atom. The largest absolute Gasteiger partial charge is 0.416 e. The Kier molecular flexibility index (Phi) is 4.11. The van der Waals surface area contributed by atoms with Gasteiger partial charge in [-0.05, 0) is 36.4 Å². The van der Waals surface area contributed by atoms with Crippen molar-refractivity contribution in [2.75, 3.05) is 4.72 Å². The molecule has 0 unspecified atom stereocenters. The summed E-state index contributed by atoms with van der Waals surface area (Å²) in [5, 5.41) is 0.187. The van der Waals surface area contributed by atoms with Crippen LogP contribution in [0.4, 0.5) is 18.9 Å². The van der Waals surface area contributed by atoms with Crippen molar-refractivity contribution in [3.05, 3.63) is 53.3 Å². The number of nitrogens with one attached hydrogen (secondary N) is 1. The summed E-state index contributed by atoms with van der Waals surface area (Å²) in [5.74, 6) is 0. The number of hydrogen-bond acceptors (Lipinski definition) is 3. The fourth-order valence-electron chi connectivity index (χ4n) is 1.47. The summed E-state index contributed by atoms with van der Waals surface area (Å²) in [6, 6.07) is 5.94. The third-order valence-electron chi connectivity index (χ3n) is 2.47. The summed E-state index contributed by atoms with van der Waals surface area (Å²) in [4.78, 5) is 3.41. The normalized spacial score (nSPS) is 12.2. The van der Waals surface area contributed by atoms with Gasteiger partial charge in [0.15, 0.2) is 0 Å². The number of rotatable bonds is 3. The summed E-state index contributed by atoms with van der Waals surface area (Å²) in [6.07, 6.45) is -3.32. The Bertz CT molecular complexity index is 729. The van der Waals surface area contributed by atoms with Crippen LogP contribution in [0.25, 0.3) is 0 Å². The lowest BCUT2D eigenvalue weighted by molar-refractivity contribution is -0.137. The molecule has 112 valence electrons. The molecule has 1 heterocycles. The van der Waals surface area contributed by atoms with E-state index in [4.69, 9.17) is 11.6 Å². The maximum atomic E-state index is 12.4. The fraction of sp³-hybridized carbons (Fsp3) is 0.0833. The predicted molar refractivity (Wildman–Crippen MR) is 71.5 cm³/mol. The molecule has 2 rings (SSSR count). The standard InChI is InChI=1S/C12H8ClF3N2O2S/c13-11-6-3-9(7-17-11)18-21(19,20)10-4-1-8(2-5-10)12(14,15)16/h1-7,18H. The first-order valence-corrected chi connectivity index (χ1v) is 7.36. The summed E-state index contributed by atoms with van der Waals surface area (Å²) < 4.78 is 63.4. The molecular weight excluding hydrogens is 329 g/mol. The number of hydrogen-bond donors (Lipinski definition) is 1. The van der Waals surface area contributed by atoms with E-state index >= 15 is 0 Å². The summed E-state index contributed by atoms with van der Waals surface area (Å²) in [7, 11) is -3.99. The molecule has 4 nitrogen and oxygen atoms in total. The van der Waals surface area contributed by atoms with Gasteiger partial charge in [-0.25, -0.2) is 13.4 Å². The number of anilines is 1. The first-order valence-electron chi connectivity index (χ1n) is 5.50. The minimum atomic E-state index is -4.52.